The highest BCUT2D eigenvalue weighted by Gasteiger charge is 2.30. The average Bonchev–Trinajstić information content (AvgIpc) is 2.94. The smallest absolute Gasteiger partial charge is 0.414 e. The van der Waals surface area contributed by atoms with Crippen LogP contribution in [0.25, 0.3) is 21.9 Å². The molecule has 0 bridgehead atoms. The maximum atomic E-state index is 14.7. The van der Waals surface area contributed by atoms with Crippen LogP contribution in [0, 0.1) is 11.6 Å². The fourth-order valence-electron chi connectivity index (χ4n) is 2.65. The Bertz CT molecular complexity index is 1090. The molecule has 0 saturated carbocycles. The van der Waals surface area contributed by atoms with Gasteiger partial charge in [0.05, 0.1) is 20.6 Å². The van der Waals surface area contributed by atoms with Gasteiger partial charge in [-0.25, -0.2) is 18.6 Å². The van der Waals surface area contributed by atoms with Gasteiger partial charge in [-0.2, -0.15) is 0 Å². The van der Waals surface area contributed by atoms with Crippen molar-refractivity contribution in [3.05, 3.63) is 32.9 Å². The lowest BCUT2D eigenvalue weighted by Gasteiger charge is -2.25. The molecule has 5 nitrogen and oxygen atoms in total. The van der Waals surface area contributed by atoms with Crippen LogP contribution in [0.2, 0.25) is 15.1 Å². The van der Waals surface area contributed by atoms with Gasteiger partial charge in [0.25, 0.3) is 0 Å². The van der Waals surface area contributed by atoms with Crippen LogP contribution in [0.1, 0.15) is 20.8 Å². The van der Waals surface area contributed by atoms with Crippen LogP contribution in [-0.4, -0.2) is 28.7 Å². The van der Waals surface area contributed by atoms with Crippen LogP contribution in [-0.2, 0) is 4.74 Å². The van der Waals surface area contributed by atoms with Crippen molar-refractivity contribution in [3.63, 3.8) is 0 Å². The summed E-state index contributed by atoms with van der Waals surface area (Å²) < 4.78 is 34.5. The predicted octanol–water partition coefficient (Wildman–Crippen LogP) is 6.33. The number of hydrogen-bond donors (Lipinski definition) is 1. The molecule has 10 heteroatoms. The number of benzene rings is 1. The summed E-state index contributed by atoms with van der Waals surface area (Å²) in [5.41, 5.74) is -0.958. The summed E-state index contributed by atoms with van der Waals surface area (Å²) in [6.45, 7) is 4.96. The zero-order valence-corrected chi connectivity index (χ0v) is 16.9. The van der Waals surface area contributed by atoms with E-state index in [4.69, 9.17) is 39.5 Å². The number of ether oxygens (including phenoxy) is 1. The number of halogens is 5. The van der Waals surface area contributed by atoms with E-state index in [1.54, 1.807) is 20.8 Å². The van der Waals surface area contributed by atoms with Crippen molar-refractivity contribution in [2.75, 3.05) is 11.9 Å². The molecular formula is C17H14Cl3F2N3O2. The van der Waals surface area contributed by atoms with Crippen molar-refractivity contribution in [1.82, 2.24) is 9.97 Å². The van der Waals surface area contributed by atoms with Crippen molar-refractivity contribution >= 4 is 68.5 Å². The van der Waals surface area contributed by atoms with E-state index in [0.717, 1.165) is 4.90 Å². The number of carbonyl (C=O) groups is 1. The number of rotatable bonds is 1. The zero-order valence-electron chi connectivity index (χ0n) is 14.7. The standard InChI is InChI=1S/C17H14Cl3F2N3O2/c1-17(2,3)27-16(26)25(4)14-12(22)11(21)10(20)7-8-9(19)6(18)5-23-15(8)24-13(7)14/h5H,1-4H3,(H,23,24). The van der Waals surface area contributed by atoms with E-state index in [0.29, 0.717) is 0 Å². The highest BCUT2D eigenvalue weighted by atomic mass is 35.5. The van der Waals surface area contributed by atoms with Gasteiger partial charge in [-0.05, 0) is 20.8 Å². The van der Waals surface area contributed by atoms with Gasteiger partial charge in [-0.1, -0.05) is 34.8 Å². The maximum absolute atomic E-state index is 14.7. The van der Waals surface area contributed by atoms with E-state index in [1.165, 1.54) is 13.2 Å². The molecule has 2 heterocycles. The molecule has 0 spiro atoms. The number of aromatic nitrogens is 2. The Morgan fingerprint density at radius 2 is 1.78 bits per heavy atom. The number of nitrogens with zero attached hydrogens (tertiary/aromatic N) is 2. The van der Waals surface area contributed by atoms with E-state index in [9.17, 15) is 13.6 Å². The lowest BCUT2D eigenvalue weighted by molar-refractivity contribution is 0.0588. The molecule has 0 radical (unpaired) electrons. The molecule has 1 N–H and O–H groups in total. The Kier molecular flexibility index (Phi) is 4.91. The van der Waals surface area contributed by atoms with Crippen LogP contribution in [0.15, 0.2) is 6.20 Å². The molecule has 1 aromatic carbocycles. The first-order valence-electron chi connectivity index (χ1n) is 7.72. The van der Waals surface area contributed by atoms with Crippen molar-refractivity contribution in [2.45, 2.75) is 26.4 Å². The molecule has 0 fully saturated rings. The first kappa shape index (κ1) is 19.9. The van der Waals surface area contributed by atoms with Crippen molar-refractivity contribution in [1.29, 1.82) is 0 Å². The van der Waals surface area contributed by atoms with Crippen LogP contribution in [0.4, 0.5) is 19.3 Å². The topological polar surface area (TPSA) is 58.2 Å². The summed E-state index contributed by atoms with van der Waals surface area (Å²) in [5.74, 6) is -2.64. The maximum Gasteiger partial charge on any atom is 0.414 e. The second-order valence-electron chi connectivity index (χ2n) is 6.85. The number of nitrogens with one attached hydrogen (secondary N) is 1. The first-order valence-corrected chi connectivity index (χ1v) is 8.86. The number of H-pyrrole nitrogens is 1. The minimum atomic E-state index is -1.33. The molecule has 0 saturated heterocycles. The van der Waals surface area contributed by atoms with E-state index in [-0.39, 0.29) is 37.7 Å². The summed E-state index contributed by atoms with van der Waals surface area (Å²) in [4.78, 5) is 20.1. The monoisotopic (exact) mass is 435 g/mol. The number of fused-ring (bicyclic) bond motifs is 3. The summed E-state index contributed by atoms with van der Waals surface area (Å²) in [5, 5.41) is -0.0152. The number of amides is 1. The molecule has 0 aliphatic carbocycles. The summed E-state index contributed by atoms with van der Waals surface area (Å²) >= 11 is 18.2. The molecule has 2 aromatic heterocycles. The van der Waals surface area contributed by atoms with Crippen LogP contribution in [0.5, 0.6) is 0 Å². The average molecular weight is 437 g/mol. The lowest BCUT2D eigenvalue weighted by Crippen LogP contribution is -2.35. The highest BCUT2D eigenvalue weighted by molar-refractivity contribution is 6.48. The van der Waals surface area contributed by atoms with Gasteiger partial charge in [0, 0.05) is 24.0 Å². The summed E-state index contributed by atoms with van der Waals surface area (Å²) in [7, 11) is 1.26. The fourth-order valence-corrected chi connectivity index (χ4v) is 3.30. The fraction of sp³-hybridized carbons (Fsp3) is 0.294. The van der Waals surface area contributed by atoms with E-state index in [2.05, 4.69) is 9.97 Å². The molecule has 0 aliphatic heterocycles. The summed E-state index contributed by atoms with van der Waals surface area (Å²) in [6, 6.07) is 0. The number of pyridine rings is 1. The molecular weight excluding hydrogens is 423 g/mol. The number of aromatic amines is 1. The lowest BCUT2D eigenvalue weighted by atomic mass is 10.1. The van der Waals surface area contributed by atoms with Gasteiger partial charge >= 0.3 is 6.09 Å². The third-order valence-electron chi connectivity index (χ3n) is 3.77. The largest absolute Gasteiger partial charge is 0.443 e. The molecule has 27 heavy (non-hydrogen) atoms. The van der Waals surface area contributed by atoms with Crippen molar-refractivity contribution < 1.29 is 18.3 Å². The van der Waals surface area contributed by atoms with E-state index in [1.807, 2.05) is 0 Å². The van der Waals surface area contributed by atoms with Gasteiger partial charge < -0.3 is 9.72 Å². The highest BCUT2D eigenvalue weighted by Crippen LogP contribution is 2.44. The summed E-state index contributed by atoms with van der Waals surface area (Å²) in [6.07, 6.45) is 0.416. The van der Waals surface area contributed by atoms with Gasteiger partial charge in [0.2, 0.25) is 0 Å². The minimum Gasteiger partial charge on any atom is -0.443 e. The normalized spacial score (nSPS) is 12.0. The Balaban J connectivity index is 2.37. The van der Waals surface area contributed by atoms with Crippen LogP contribution >= 0.6 is 34.8 Å². The number of carbonyl (C=O) groups excluding carboxylic acids is 1. The number of anilines is 1. The SMILES string of the molecule is CN(C(=O)OC(C)(C)C)c1c(F)c(F)c(Cl)c2c1[nH]c1ncc(Cl)c(Cl)c12. The Labute approximate surface area is 168 Å². The van der Waals surface area contributed by atoms with Gasteiger partial charge in [-0.15, -0.1) is 0 Å². The van der Waals surface area contributed by atoms with Crippen LogP contribution in [0.3, 0.4) is 0 Å². The molecule has 144 valence electrons. The Hall–Kier alpha value is -1.83. The molecule has 3 aromatic rings. The predicted molar refractivity (Wildman–Crippen MR) is 103 cm³/mol. The van der Waals surface area contributed by atoms with Crippen LogP contribution < -0.4 is 4.90 Å². The van der Waals surface area contributed by atoms with E-state index >= 15 is 0 Å². The second-order valence-corrected chi connectivity index (χ2v) is 8.01. The third kappa shape index (κ3) is 3.28. The van der Waals surface area contributed by atoms with Gasteiger partial charge in [0.1, 0.15) is 16.9 Å². The van der Waals surface area contributed by atoms with Gasteiger partial charge in [0.15, 0.2) is 11.6 Å². The Morgan fingerprint density at radius 3 is 2.37 bits per heavy atom. The van der Waals surface area contributed by atoms with Gasteiger partial charge in [-0.3, -0.25) is 4.90 Å². The van der Waals surface area contributed by atoms with Crippen molar-refractivity contribution in [3.8, 4) is 0 Å². The quantitative estimate of drug-likeness (QED) is 0.454. The molecule has 3 rings (SSSR count). The number of hydrogen-bond acceptors (Lipinski definition) is 3. The molecule has 0 aliphatic rings. The van der Waals surface area contributed by atoms with E-state index < -0.39 is 28.4 Å². The molecule has 0 atom stereocenters. The minimum absolute atomic E-state index is 0.0407. The second kappa shape index (κ2) is 6.65. The molecule has 0 unspecified atom stereocenters. The first-order chi connectivity index (χ1) is 12.4. The zero-order chi connectivity index (χ0) is 20.3. The molecule has 1 amide bonds. The Morgan fingerprint density at radius 1 is 1.15 bits per heavy atom. The third-order valence-corrected chi connectivity index (χ3v) is 4.90. The van der Waals surface area contributed by atoms with Crippen molar-refractivity contribution in [2.24, 2.45) is 0 Å².